The number of hydrogen-bond acceptors (Lipinski definition) is 2. The lowest BCUT2D eigenvalue weighted by atomic mass is 9.94. The van der Waals surface area contributed by atoms with E-state index in [2.05, 4.69) is 29.6 Å². The molecular formula is C20H17NO2. The average molecular weight is 303 g/mol. The fourth-order valence-corrected chi connectivity index (χ4v) is 3.09. The molecule has 1 amide bonds. The van der Waals surface area contributed by atoms with Gasteiger partial charge in [0.05, 0.1) is 0 Å². The van der Waals surface area contributed by atoms with Crippen molar-refractivity contribution < 1.29 is 9.53 Å². The van der Waals surface area contributed by atoms with Gasteiger partial charge in [0.1, 0.15) is 5.75 Å². The molecule has 3 nitrogen and oxygen atoms in total. The Hall–Kier alpha value is -2.81. The predicted molar refractivity (Wildman–Crippen MR) is 92.8 cm³/mol. The summed E-state index contributed by atoms with van der Waals surface area (Å²) in [5.41, 5.74) is 3.97. The molecule has 1 N–H and O–H groups in total. The first-order valence-corrected chi connectivity index (χ1v) is 7.74. The molecule has 114 valence electrons. The monoisotopic (exact) mass is 303 g/mol. The maximum absolute atomic E-state index is 12.3. The fraction of sp³-hybridized carbons (Fsp3) is 0.150. The van der Waals surface area contributed by atoms with Crippen molar-refractivity contribution in [2.75, 3.05) is 5.32 Å². The van der Waals surface area contributed by atoms with E-state index in [4.69, 9.17) is 4.74 Å². The second-order valence-corrected chi connectivity index (χ2v) is 5.96. The van der Waals surface area contributed by atoms with Gasteiger partial charge in [-0.15, -0.1) is 0 Å². The van der Waals surface area contributed by atoms with Crippen LogP contribution in [0, 0.1) is 6.92 Å². The van der Waals surface area contributed by atoms with Crippen molar-refractivity contribution in [2.45, 2.75) is 20.0 Å². The number of aryl methyl sites for hydroxylation is 1. The summed E-state index contributed by atoms with van der Waals surface area (Å²) in [6.45, 7) is 3.80. The van der Waals surface area contributed by atoms with Crippen LogP contribution in [-0.2, 0) is 4.79 Å². The standard InChI is InChI=1S/C20H17NO2/c1-12-7-9-16-17(11-12)21-20(22)13(2)23-18-10-8-14-5-3-4-6-15(14)19(16)18/h3-11,13H,1-2H3,(H,21,22)/t13-/m0/s1. The number of carbonyl (C=O) groups is 1. The molecule has 0 aromatic heterocycles. The molecule has 23 heavy (non-hydrogen) atoms. The van der Waals surface area contributed by atoms with Gasteiger partial charge in [0.15, 0.2) is 6.10 Å². The Kier molecular flexibility index (Phi) is 3.08. The van der Waals surface area contributed by atoms with Gasteiger partial charge in [-0.3, -0.25) is 4.79 Å². The second-order valence-electron chi connectivity index (χ2n) is 5.96. The summed E-state index contributed by atoms with van der Waals surface area (Å²) in [6, 6.07) is 18.3. The highest BCUT2D eigenvalue weighted by molar-refractivity contribution is 6.06. The highest BCUT2D eigenvalue weighted by Gasteiger charge is 2.24. The van der Waals surface area contributed by atoms with Crippen molar-refractivity contribution in [3.63, 3.8) is 0 Å². The smallest absolute Gasteiger partial charge is 0.265 e. The normalized spacial score (nSPS) is 16.6. The zero-order valence-electron chi connectivity index (χ0n) is 13.1. The van der Waals surface area contributed by atoms with E-state index in [-0.39, 0.29) is 5.91 Å². The van der Waals surface area contributed by atoms with E-state index in [1.807, 2.05) is 37.3 Å². The first kappa shape index (κ1) is 13.8. The molecule has 3 aromatic carbocycles. The van der Waals surface area contributed by atoms with Crippen LogP contribution in [-0.4, -0.2) is 12.0 Å². The molecule has 0 bridgehead atoms. The molecule has 4 rings (SSSR count). The minimum absolute atomic E-state index is 0.129. The van der Waals surface area contributed by atoms with E-state index in [1.54, 1.807) is 6.92 Å². The number of ether oxygens (including phenoxy) is 1. The number of anilines is 1. The summed E-state index contributed by atoms with van der Waals surface area (Å²) >= 11 is 0. The Labute approximate surface area is 134 Å². The Morgan fingerprint density at radius 3 is 2.74 bits per heavy atom. The summed E-state index contributed by atoms with van der Waals surface area (Å²) in [7, 11) is 0. The van der Waals surface area contributed by atoms with Crippen LogP contribution in [0.2, 0.25) is 0 Å². The van der Waals surface area contributed by atoms with Gasteiger partial charge < -0.3 is 10.1 Å². The molecule has 0 saturated carbocycles. The molecule has 1 aliphatic rings. The van der Waals surface area contributed by atoms with E-state index in [1.165, 1.54) is 0 Å². The third-order valence-electron chi connectivity index (χ3n) is 4.27. The maximum atomic E-state index is 12.3. The molecule has 0 radical (unpaired) electrons. The van der Waals surface area contributed by atoms with Crippen LogP contribution in [0.1, 0.15) is 12.5 Å². The molecule has 0 fully saturated rings. The first-order chi connectivity index (χ1) is 11.1. The summed E-state index contributed by atoms with van der Waals surface area (Å²) in [6.07, 6.45) is -0.538. The van der Waals surface area contributed by atoms with E-state index in [0.29, 0.717) is 0 Å². The van der Waals surface area contributed by atoms with Gasteiger partial charge in [0.25, 0.3) is 5.91 Å². The Balaban J connectivity index is 2.10. The number of nitrogens with one attached hydrogen (secondary N) is 1. The third kappa shape index (κ3) is 2.25. The molecule has 1 heterocycles. The molecular weight excluding hydrogens is 286 g/mol. The largest absolute Gasteiger partial charge is 0.480 e. The lowest BCUT2D eigenvalue weighted by Gasteiger charge is -2.24. The Morgan fingerprint density at radius 2 is 1.87 bits per heavy atom. The summed E-state index contributed by atoms with van der Waals surface area (Å²) in [4.78, 5) is 12.3. The summed E-state index contributed by atoms with van der Waals surface area (Å²) in [5, 5.41) is 5.27. The van der Waals surface area contributed by atoms with Gasteiger partial charge >= 0.3 is 0 Å². The quantitative estimate of drug-likeness (QED) is 0.662. The van der Waals surface area contributed by atoms with Gasteiger partial charge in [0, 0.05) is 16.8 Å². The third-order valence-corrected chi connectivity index (χ3v) is 4.27. The van der Waals surface area contributed by atoms with Gasteiger partial charge in [-0.25, -0.2) is 0 Å². The van der Waals surface area contributed by atoms with Crippen molar-refractivity contribution in [3.8, 4) is 16.9 Å². The van der Waals surface area contributed by atoms with Crippen LogP contribution >= 0.6 is 0 Å². The number of carbonyl (C=O) groups excluding carboxylic acids is 1. The lowest BCUT2D eigenvalue weighted by Crippen LogP contribution is -2.31. The van der Waals surface area contributed by atoms with E-state index >= 15 is 0 Å². The van der Waals surface area contributed by atoms with Gasteiger partial charge in [0.2, 0.25) is 0 Å². The zero-order valence-corrected chi connectivity index (χ0v) is 13.1. The summed E-state index contributed by atoms with van der Waals surface area (Å²) < 4.78 is 5.93. The van der Waals surface area contributed by atoms with Crippen molar-refractivity contribution >= 4 is 22.4 Å². The molecule has 1 atom stereocenters. The van der Waals surface area contributed by atoms with Crippen LogP contribution in [0.4, 0.5) is 5.69 Å². The number of fused-ring (bicyclic) bond motifs is 5. The van der Waals surface area contributed by atoms with Crippen LogP contribution in [0.3, 0.4) is 0 Å². The van der Waals surface area contributed by atoms with Crippen LogP contribution in [0.15, 0.2) is 54.6 Å². The second kappa shape index (κ2) is 5.13. The number of rotatable bonds is 0. The zero-order chi connectivity index (χ0) is 16.0. The molecule has 0 spiro atoms. The topological polar surface area (TPSA) is 38.3 Å². The van der Waals surface area contributed by atoms with Gasteiger partial charge in [-0.05, 0) is 42.3 Å². The number of benzene rings is 3. The molecule has 3 heteroatoms. The number of hydrogen-bond donors (Lipinski definition) is 1. The minimum atomic E-state index is -0.538. The fourth-order valence-electron chi connectivity index (χ4n) is 3.09. The average Bonchev–Trinajstić information content (AvgIpc) is 2.54. The lowest BCUT2D eigenvalue weighted by molar-refractivity contribution is -0.122. The maximum Gasteiger partial charge on any atom is 0.265 e. The molecule has 1 aliphatic heterocycles. The summed E-state index contributed by atoms with van der Waals surface area (Å²) in [5.74, 6) is 0.617. The first-order valence-electron chi connectivity index (χ1n) is 7.74. The van der Waals surface area contributed by atoms with Crippen LogP contribution < -0.4 is 10.1 Å². The van der Waals surface area contributed by atoms with Crippen molar-refractivity contribution in [3.05, 3.63) is 60.2 Å². The molecule has 3 aromatic rings. The van der Waals surface area contributed by atoms with Crippen LogP contribution in [0.5, 0.6) is 5.75 Å². The number of amides is 1. The van der Waals surface area contributed by atoms with E-state index in [0.717, 1.165) is 38.9 Å². The van der Waals surface area contributed by atoms with Gasteiger partial charge in [-0.1, -0.05) is 42.5 Å². The predicted octanol–water partition coefficient (Wildman–Crippen LogP) is 4.53. The van der Waals surface area contributed by atoms with Crippen molar-refractivity contribution in [1.29, 1.82) is 0 Å². The van der Waals surface area contributed by atoms with Crippen molar-refractivity contribution in [2.24, 2.45) is 0 Å². The molecule has 0 aliphatic carbocycles. The van der Waals surface area contributed by atoms with E-state index in [9.17, 15) is 4.79 Å². The van der Waals surface area contributed by atoms with Gasteiger partial charge in [-0.2, -0.15) is 0 Å². The van der Waals surface area contributed by atoms with Crippen molar-refractivity contribution in [1.82, 2.24) is 0 Å². The highest BCUT2D eigenvalue weighted by Crippen LogP contribution is 2.42. The molecule has 0 unspecified atom stereocenters. The molecule has 0 saturated heterocycles. The van der Waals surface area contributed by atoms with Crippen LogP contribution in [0.25, 0.3) is 21.9 Å². The Morgan fingerprint density at radius 1 is 1.04 bits per heavy atom. The highest BCUT2D eigenvalue weighted by atomic mass is 16.5. The van der Waals surface area contributed by atoms with E-state index < -0.39 is 6.10 Å². The minimum Gasteiger partial charge on any atom is -0.480 e. The SMILES string of the molecule is Cc1ccc2c(c1)NC(=O)[C@H](C)Oc1ccc3ccccc3c1-2. The Bertz CT molecular complexity index is 930.